The Hall–Kier alpha value is -2.26. The highest BCUT2D eigenvalue weighted by Crippen LogP contribution is 2.37. The minimum Gasteiger partial charge on any atom is -0.491 e. The van der Waals surface area contributed by atoms with Crippen LogP contribution < -0.4 is 4.74 Å². The van der Waals surface area contributed by atoms with Gasteiger partial charge in [-0.2, -0.15) is 4.39 Å². The fourth-order valence-electron chi connectivity index (χ4n) is 1.79. The SMILES string of the molecule is COc1c(F)cc(-c2c(F)c(F)c(F)c(F)c2F)c(F)c1F.[B]. The largest absolute Gasteiger partial charge is 0.491 e. The lowest BCUT2D eigenvalue weighted by Gasteiger charge is -2.12. The minimum absolute atomic E-state index is 0. The number of hydrogen-bond donors (Lipinski definition) is 0. The summed E-state index contributed by atoms with van der Waals surface area (Å²) in [5.74, 6) is -18.8. The quantitative estimate of drug-likeness (QED) is 0.347. The molecule has 0 amide bonds. The number of ether oxygens (including phenoxy) is 1. The predicted molar refractivity (Wildman–Crippen MR) is 63.8 cm³/mol. The van der Waals surface area contributed by atoms with Crippen LogP contribution in [0.5, 0.6) is 5.75 Å². The van der Waals surface area contributed by atoms with Gasteiger partial charge in [-0.15, -0.1) is 0 Å². The van der Waals surface area contributed by atoms with Gasteiger partial charge in [0.15, 0.2) is 40.7 Å². The highest BCUT2D eigenvalue weighted by Gasteiger charge is 2.30. The number of benzene rings is 2. The number of rotatable bonds is 2. The molecule has 0 fully saturated rings. The third-order valence-corrected chi connectivity index (χ3v) is 2.80. The van der Waals surface area contributed by atoms with E-state index in [1.807, 2.05) is 0 Å². The van der Waals surface area contributed by atoms with E-state index in [-0.39, 0.29) is 14.5 Å². The summed E-state index contributed by atoms with van der Waals surface area (Å²) in [6.07, 6.45) is 0. The molecule has 0 saturated heterocycles. The van der Waals surface area contributed by atoms with E-state index in [9.17, 15) is 35.1 Å². The van der Waals surface area contributed by atoms with Crippen LogP contribution in [0.25, 0.3) is 11.1 Å². The first-order valence-electron chi connectivity index (χ1n) is 5.45. The summed E-state index contributed by atoms with van der Waals surface area (Å²) in [7, 11) is 0.791. The molecule has 2 aromatic carbocycles. The Morgan fingerprint density at radius 2 is 1.09 bits per heavy atom. The molecule has 2 aromatic rings. The summed E-state index contributed by atoms with van der Waals surface area (Å²) in [6, 6.07) is 0.0650. The van der Waals surface area contributed by atoms with Crippen LogP contribution in [0.4, 0.5) is 35.1 Å². The summed E-state index contributed by atoms with van der Waals surface area (Å²) in [4.78, 5) is 0. The van der Waals surface area contributed by atoms with Gasteiger partial charge in [-0.25, -0.2) is 30.7 Å². The average molecular weight is 339 g/mol. The summed E-state index contributed by atoms with van der Waals surface area (Å²) in [5, 5.41) is 0. The van der Waals surface area contributed by atoms with Crippen LogP contribution in [0.1, 0.15) is 0 Å². The molecule has 23 heavy (non-hydrogen) atoms. The van der Waals surface area contributed by atoms with Crippen LogP contribution in [0, 0.1) is 46.5 Å². The number of halogens is 8. The van der Waals surface area contributed by atoms with Gasteiger partial charge in [-0.3, -0.25) is 0 Å². The summed E-state index contributed by atoms with van der Waals surface area (Å²) in [6.45, 7) is 0. The van der Waals surface area contributed by atoms with Crippen molar-refractivity contribution in [1.29, 1.82) is 0 Å². The Kier molecular flexibility index (Phi) is 5.29. The molecule has 0 bridgehead atoms. The molecular weight excluding hydrogens is 335 g/mol. The normalized spacial score (nSPS) is 10.5. The second-order valence-electron chi connectivity index (χ2n) is 4.01. The maximum Gasteiger partial charge on any atom is 0.204 e. The van der Waals surface area contributed by atoms with Crippen LogP contribution in [-0.2, 0) is 0 Å². The molecule has 3 radical (unpaired) electrons. The van der Waals surface area contributed by atoms with Crippen molar-refractivity contribution in [1.82, 2.24) is 0 Å². The Morgan fingerprint density at radius 3 is 1.52 bits per heavy atom. The van der Waals surface area contributed by atoms with Crippen molar-refractivity contribution >= 4 is 8.41 Å². The first kappa shape index (κ1) is 18.8. The summed E-state index contributed by atoms with van der Waals surface area (Å²) in [5.41, 5.74) is -3.25. The van der Waals surface area contributed by atoms with E-state index in [0.29, 0.717) is 0 Å². The Bertz CT molecular complexity index is 749. The minimum atomic E-state index is -2.48. The molecule has 0 aliphatic heterocycles. The predicted octanol–water partition coefficient (Wildman–Crippen LogP) is 4.09. The monoisotopic (exact) mass is 339 g/mol. The third-order valence-electron chi connectivity index (χ3n) is 2.80. The molecule has 2 rings (SSSR count). The van der Waals surface area contributed by atoms with Crippen molar-refractivity contribution in [2.24, 2.45) is 0 Å². The van der Waals surface area contributed by atoms with Crippen LogP contribution in [-0.4, -0.2) is 15.5 Å². The van der Waals surface area contributed by atoms with Gasteiger partial charge in [-0.1, -0.05) is 0 Å². The standard InChI is InChI=1S/C13H4F8O.B/c1-22-13-4(14)2-3(6(15)12(13)21)5-7(16)9(18)11(20)10(19)8(5)17;/h2H,1H3;. The van der Waals surface area contributed by atoms with Crippen molar-refractivity contribution in [3.05, 3.63) is 52.6 Å². The highest BCUT2D eigenvalue weighted by atomic mass is 19.2. The smallest absolute Gasteiger partial charge is 0.204 e. The van der Waals surface area contributed by atoms with Crippen LogP contribution in [0.15, 0.2) is 6.07 Å². The van der Waals surface area contributed by atoms with Crippen LogP contribution >= 0.6 is 0 Å². The van der Waals surface area contributed by atoms with Gasteiger partial charge >= 0.3 is 0 Å². The second-order valence-corrected chi connectivity index (χ2v) is 4.01. The lowest BCUT2D eigenvalue weighted by Crippen LogP contribution is -2.07. The Morgan fingerprint density at radius 1 is 0.652 bits per heavy atom. The molecule has 0 atom stereocenters. The van der Waals surface area contributed by atoms with Crippen molar-refractivity contribution in [2.45, 2.75) is 0 Å². The molecular formula is C13H4BF8O. The van der Waals surface area contributed by atoms with Crippen molar-refractivity contribution in [2.75, 3.05) is 7.11 Å². The van der Waals surface area contributed by atoms with Gasteiger partial charge in [0.05, 0.1) is 12.7 Å². The lowest BCUT2D eigenvalue weighted by molar-refractivity contribution is 0.346. The first-order chi connectivity index (χ1) is 10.2. The zero-order chi connectivity index (χ0) is 16.8. The van der Waals surface area contributed by atoms with Crippen molar-refractivity contribution in [3.63, 3.8) is 0 Å². The van der Waals surface area contributed by atoms with E-state index in [1.165, 1.54) is 0 Å². The molecule has 10 heteroatoms. The van der Waals surface area contributed by atoms with Gasteiger partial charge in [0.1, 0.15) is 0 Å². The maximum absolute atomic E-state index is 13.7. The van der Waals surface area contributed by atoms with Crippen LogP contribution in [0.3, 0.4) is 0 Å². The summed E-state index contributed by atoms with van der Waals surface area (Å²) >= 11 is 0. The Labute approximate surface area is 126 Å². The van der Waals surface area contributed by atoms with Gasteiger partial charge in [0.25, 0.3) is 0 Å². The van der Waals surface area contributed by atoms with Gasteiger partial charge in [-0.05, 0) is 6.07 Å². The van der Waals surface area contributed by atoms with Crippen molar-refractivity contribution < 1.29 is 39.9 Å². The van der Waals surface area contributed by atoms with Crippen molar-refractivity contribution in [3.8, 4) is 16.9 Å². The molecule has 1 nitrogen and oxygen atoms in total. The maximum atomic E-state index is 13.7. The van der Waals surface area contributed by atoms with Crippen LogP contribution in [0.2, 0.25) is 0 Å². The van der Waals surface area contributed by atoms with E-state index < -0.39 is 63.4 Å². The van der Waals surface area contributed by atoms with E-state index in [0.717, 1.165) is 7.11 Å². The molecule has 0 unspecified atom stereocenters. The van der Waals surface area contributed by atoms with E-state index in [1.54, 1.807) is 0 Å². The molecule has 0 aliphatic rings. The van der Waals surface area contributed by atoms with Gasteiger partial charge in [0, 0.05) is 14.0 Å². The fourth-order valence-corrected chi connectivity index (χ4v) is 1.79. The Balaban J connectivity index is 0.00000264. The van der Waals surface area contributed by atoms with E-state index >= 15 is 0 Å². The van der Waals surface area contributed by atoms with Gasteiger partial charge < -0.3 is 4.74 Å². The van der Waals surface area contributed by atoms with E-state index in [4.69, 9.17) is 0 Å². The molecule has 0 saturated carbocycles. The lowest BCUT2D eigenvalue weighted by atomic mass is 10.0. The molecule has 0 heterocycles. The number of methoxy groups -OCH3 is 1. The highest BCUT2D eigenvalue weighted by molar-refractivity contribution is 5.75. The molecule has 0 N–H and O–H groups in total. The zero-order valence-corrected chi connectivity index (χ0v) is 11.1. The molecule has 0 spiro atoms. The molecule has 0 aliphatic carbocycles. The number of hydrogen-bond acceptors (Lipinski definition) is 1. The summed E-state index contributed by atoms with van der Waals surface area (Å²) < 4.78 is 111. The average Bonchev–Trinajstić information content (AvgIpc) is 2.48. The van der Waals surface area contributed by atoms with Gasteiger partial charge in [0.2, 0.25) is 11.6 Å². The first-order valence-corrected chi connectivity index (χ1v) is 5.45. The molecule has 121 valence electrons. The molecule has 0 aromatic heterocycles. The topological polar surface area (TPSA) is 9.23 Å². The van der Waals surface area contributed by atoms with E-state index in [2.05, 4.69) is 4.74 Å². The second kappa shape index (κ2) is 6.47. The third kappa shape index (κ3) is 2.73. The fraction of sp³-hybridized carbons (Fsp3) is 0.0769. The zero-order valence-electron chi connectivity index (χ0n) is 11.1.